The van der Waals surface area contributed by atoms with E-state index in [1.807, 2.05) is 55.5 Å². The zero-order valence-corrected chi connectivity index (χ0v) is 11.2. The van der Waals surface area contributed by atoms with Crippen LogP contribution in [0.2, 0.25) is 0 Å². The second kappa shape index (κ2) is 6.25. The summed E-state index contributed by atoms with van der Waals surface area (Å²) in [6, 6.07) is 15.1. The SMILES string of the molecule is COc1ccc(OCC(O)c2cccc(C)c2)cc1. The first-order valence-electron chi connectivity index (χ1n) is 6.20. The number of methoxy groups -OCH3 is 1. The molecule has 1 unspecified atom stereocenters. The molecule has 2 aromatic carbocycles. The van der Waals surface area contributed by atoms with Crippen LogP contribution in [-0.4, -0.2) is 18.8 Å². The molecule has 3 heteroatoms. The molecule has 0 amide bonds. The molecule has 2 aromatic rings. The van der Waals surface area contributed by atoms with Crippen LogP contribution in [0.15, 0.2) is 48.5 Å². The first-order chi connectivity index (χ1) is 9.19. The van der Waals surface area contributed by atoms with E-state index in [0.717, 1.165) is 16.9 Å². The van der Waals surface area contributed by atoms with Crippen molar-refractivity contribution in [3.05, 3.63) is 59.7 Å². The highest BCUT2D eigenvalue weighted by Gasteiger charge is 2.08. The maximum Gasteiger partial charge on any atom is 0.119 e. The highest BCUT2D eigenvalue weighted by atomic mass is 16.5. The molecule has 0 aromatic heterocycles. The Kier molecular flexibility index (Phi) is 4.42. The summed E-state index contributed by atoms with van der Waals surface area (Å²) in [7, 11) is 1.62. The normalized spacial score (nSPS) is 11.9. The van der Waals surface area contributed by atoms with Gasteiger partial charge in [-0.15, -0.1) is 0 Å². The van der Waals surface area contributed by atoms with E-state index in [1.165, 1.54) is 0 Å². The van der Waals surface area contributed by atoms with Crippen LogP contribution in [0.1, 0.15) is 17.2 Å². The van der Waals surface area contributed by atoms with Crippen molar-refractivity contribution in [2.45, 2.75) is 13.0 Å². The fourth-order valence-electron chi connectivity index (χ4n) is 1.82. The molecule has 0 bridgehead atoms. The molecule has 0 aliphatic heterocycles. The number of aliphatic hydroxyl groups excluding tert-OH is 1. The second-order valence-electron chi connectivity index (χ2n) is 4.42. The Balaban J connectivity index is 1.94. The van der Waals surface area contributed by atoms with E-state index in [9.17, 15) is 5.11 Å². The summed E-state index contributed by atoms with van der Waals surface area (Å²) in [5.74, 6) is 1.50. The highest BCUT2D eigenvalue weighted by Crippen LogP contribution is 2.20. The predicted molar refractivity (Wildman–Crippen MR) is 74.6 cm³/mol. The molecule has 0 fully saturated rings. The number of hydrogen-bond donors (Lipinski definition) is 1. The van der Waals surface area contributed by atoms with E-state index < -0.39 is 6.10 Å². The van der Waals surface area contributed by atoms with Gasteiger partial charge in [0.15, 0.2) is 0 Å². The van der Waals surface area contributed by atoms with Crippen LogP contribution in [-0.2, 0) is 0 Å². The quantitative estimate of drug-likeness (QED) is 0.895. The fraction of sp³-hybridized carbons (Fsp3) is 0.250. The van der Waals surface area contributed by atoms with Gasteiger partial charge in [-0.1, -0.05) is 29.8 Å². The average molecular weight is 258 g/mol. The lowest BCUT2D eigenvalue weighted by atomic mass is 10.1. The Hall–Kier alpha value is -2.00. The van der Waals surface area contributed by atoms with E-state index in [2.05, 4.69) is 0 Å². The van der Waals surface area contributed by atoms with Gasteiger partial charge in [0.25, 0.3) is 0 Å². The van der Waals surface area contributed by atoms with Crippen molar-refractivity contribution in [3.8, 4) is 11.5 Å². The van der Waals surface area contributed by atoms with E-state index in [-0.39, 0.29) is 6.61 Å². The van der Waals surface area contributed by atoms with E-state index in [4.69, 9.17) is 9.47 Å². The van der Waals surface area contributed by atoms with Crippen LogP contribution in [0.25, 0.3) is 0 Å². The van der Waals surface area contributed by atoms with Crippen molar-refractivity contribution in [2.75, 3.05) is 13.7 Å². The summed E-state index contributed by atoms with van der Waals surface area (Å²) in [6.07, 6.45) is -0.623. The van der Waals surface area contributed by atoms with Crippen molar-refractivity contribution in [2.24, 2.45) is 0 Å². The molecule has 0 aliphatic rings. The van der Waals surface area contributed by atoms with Crippen LogP contribution in [0.3, 0.4) is 0 Å². The number of ether oxygens (including phenoxy) is 2. The van der Waals surface area contributed by atoms with Gasteiger partial charge in [-0.25, -0.2) is 0 Å². The van der Waals surface area contributed by atoms with Gasteiger partial charge in [-0.05, 0) is 36.8 Å². The minimum absolute atomic E-state index is 0.232. The third-order valence-corrected chi connectivity index (χ3v) is 2.89. The van der Waals surface area contributed by atoms with Gasteiger partial charge in [-0.3, -0.25) is 0 Å². The Labute approximate surface area is 113 Å². The first-order valence-corrected chi connectivity index (χ1v) is 6.20. The molecule has 0 saturated heterocycles. The maximum absolute atomic E-state index is 10.1. The lowest BCUT2D eigenvalue weighted by molar-refractivity contribution is 0.108. The summed E-state index contributed by atoms with van der Waals surface area (Å²) >= 11 is 0. The standard InChI is InChI=1S/C16H18O3/c1-12-4-3-5-13(10-12)16(17)11-19-15-8-6-14(18-2)7-9-15/h3-10,16-17H,11H2,1-2H3. The fourth-order valence-corrected chi connectivity index (χ4v) is 1.82. The zero-order chi connectivity index (χ0) is 13.7. The van der Waals surface area contributed by atoms with Crippen LogP contribution >= 0.6 is 0 Å². The summed E-state index contributed by atoms with van der Waals surface area (Å²) in [6.45, 7) is 2.23. The molecular weight excluding hydrogens is 240 g/mol. The predicted octanol–water partition coefficient (Wildman–Crippen LogP) is 3.12. The Morgan fingerprint density at radius 3 is 2.37 bits per heavy atom. The lowest BCUT2D eigenvalue weighted by Gasteiger charge is -2.13. The van der Waals surface area contributed by atoms with Gasteiger partial charge >= 0.3 is 0 Å². The number of rotatable bonds is 5. The van der Waals surface area contributed by atoms with Gasteiger partial charge in [0, 0.05) is 0 Å². The largest absolute Gasteiger partial charge is 0.497 e. The van der Waals surface area contributed by atoms with Crippen molar-refractivity contribution in [1.82, 2.24) is 0 Å². The molecule has 3 nitrogen and oxygen atoms in total. The Morgan fingerprint density at radius 1 is 1.05 bits per heavy atom. The summed E-state index contributed by atoms with van der Waals surface area (Å²) in [5, 5.41) is 10.1. The summed E-state index contributed by atoms with van der Waals surface area (Å²) < 4.78 is 10.6. The highest BCUT2D eigenvalue weighted by molar-refractivity contribution is 5.31. The monoisotopic (exact) mass is 258 g/mol. The first kappa shape index (κ1) is 13.4. The van der Waals surface area contributed by atoms with Crippen LogP contribution in [0.4, 0.5) is 0 Å². The van der Waals surface area contributed by atoms with Gasteiger partial charge in [-0.2, -0.15) is 0 Å². The molecule has 0 spiro atoms. The third-order valence-electron chi connectivity index (χ3n) is 2.89. The average Bonchev–Trinajstić information content (AvgIpc) is 2.45. The third kappa shape index (κ3) is 3.73. The van der Waals surface area contributed by atoms with Crippen molar-refractivity contribution < 1.29 is 14.6 Å². The van der Waals surface area contributed by atoms with Crippen molar-refractivity contribution in [1.29, 1.82) is 0 Å². The van der Waals surface area contributed by atoms with Crippen LogP contribution < -0.4 is 9.47 Å². The summed E-state index contributed by atoms with van der Waals surface area (Å²) in [5.41, 5.74) is 1.99. The molecule has 2 rings (SSSR count). The van der Waals surface area contributed by atoms with E-state index in [0.29, 0.717) is 5.75 Å². The van der Waals surface area contributed by atoms with E-state index >= 15 is 0 Å². The molecule has 1 N–H and O–H groups in total. The minimum Gasteiger partial charge on any atom is -0.497 e. The molecule has 0 aliphatic carbocycles. The summed E-state index contributed by atoms with van der Waals surface area (Å²) in [4.78, 5) is 0. The smallest absolute Gasteiger partial charge is 0.119 e. The van der Waals surface area contributed by atoms with Crippen LogP contribution in [0, 0.1) is 6.92 Å². The van der Waals surface area contributed by atoms with Crippen LogP contribution in [0.5, 0.6) is 11.5 Å². The zero-order valence-electron chi connectivity index (χ0n) is 11.2. The molecule has 19 heavy (non-hydrogen) atoms. The topological polar surface area (TPSA) is 38.7 Å². The molecule has 0 saturated carbocycles. The molecule has 0 radical (unpaired) electrons. The van der Waals surface area contributed by atoms with Crippen molar-refractivity contribution in [3.63, 3.8) is 0 Å². The van der Waals surface area contributed by atoms with E-state index in [1.54, 1.807) is 7.11 Å². The Bertz CT molecular complexity index is 520. The van der Waals surface area contributed by atoms with Gasteiger partial charge in [0.2, 0.25) is 0 Å². The Morgan fingerprint density at radius 2 is 1.74 bits per heavy atom. The maximum atomic E-state index is 10.1. The number of hydrogen-bond acceptors (Lipinski definition) is 3. The van der Waals surface area contributed by atoms with Gasteiger partial charge in [0.1, 0.15) is 24.2 Å². The molecular formula is C16H18O3. The molecule has 100 valence electrons. The van der Waals surface area contributed by atoms with Gasteiger partial charge in [0.05, 0.1) is 7.11 Å². The minimum atomic E-state index is -0.623. The molecule has 0 heterocycles. The lowest BCUT2D eigenvalue weighted by Crippen LogP contribution is -2.09. The van der Waals surface area contributed by atoms with Gasteiger partial charge < -0.3 is 14.6 Å². The molecule has 1 atom stereocenters. The number of benzene rings is 2. The second-order valence-corrected chi connectivity index (χ2v) is 4.42. The number of aliphatic hydroxyl groups is 1. The number of aryl methyl sites for hydroxylation is 1. The van der Waals surface area contributed by atoms with Crippen molar-refractivity contribution >= 4 is 0 Å².